The van der Waals surface area contributed by atoms with Gasteiger partial charge in [0.1, 0.15) is 10.7 Å². The van der Waals surface area contributed by atoms with Crippen molar-refractivity contribution in [3.8, 4) is 11.5 Å². The van der Waals surface area contributed by atoms with Gasteiger partial charge < -0.3 is 19.5 Å². The van der Waals surface area contributed by atoms with Crippen molar-refractivity contribution >= 4 is 33.3 Å². The molecule has 1 aliphatic heterocycles. The number of amides is 1. The zero-order valence-electron chi connectivity index (χ0n) is 14.9. The molecule has 0 bridgehead atoms. The minimum atomic E-state index is -0.661. The number of fused-ring (bicyclic) bond motifs is 2. The first-order chi connectivity index (χ1) is 13.5. The number of rotatable bonds is 5. The van der Waals surface area contributed by atoms with Crippen LogP contribution in [0.2, 0.25) is 0 Å². The summed E-state index contributed by atoms with van der Waals surface area (Å²) in [5.74, 6) is -0.210. The molecule has 2 heterocycles. The van der Waals surface area contributed by atoms with Gasteiger partial charge in [-0.15, -0.1) is 11.3 Å². The van der Waals surface area contributed by atoms with E-state index >= 15 is 0 Å². The van der Waals surface area contributed by atoms with Crippen molar-refractivity contribution in [1.82, 2.24) is 5.32 Å². The maximum atomic E-state index is 13.7. The number of ether oxygens (including phenoxy) is 3. The average Bonchev–Trinajstić information content (AvgIpc) is 3.32. The Bertz CT molecular complexity index is 1060. The summed E-state index contributed by atoms with van der Waals surface area (Å²) in [7, 11) is 0. The standard InChI is InChI=1S/C20H16FNO5S/c1-11(12-5-6-15-16(7-12)27-10-26-15)22-19(23)9-25-20(24)18-8-13-14(21)3-2-4-17(13)28-18/h2-8,11H,9-10H2,1H3,(H,22,23)/t11-/m1/s1. The minimum Gasteiger partial charge on any atom is -0.454 e. The zero-order chi connectivity index (χ0) is 19.7. The van der Waals surface area contributed by atoms with Crippen molar-refractivity contribution in [3.05, 3.63) is 58.7 Å². The Labute approximate surface area is 163 Å². The van der Waals surface area contributed by atoms with Crippen LogP contribution in [0.3, 0.4) is 0 Å². The summed E-state index contributed by atoms with van der Waals surface area (Å²) in [4.78, 5) is 24.5. The highest BCUT2D eigenvalue weighted by atomic mass is 32.1. The van der Waals surface area contributed by atoms with Crippen molar-refractivity contribution in [2.75, 3.05) is 13.4 Å². The van der Waals surface area contributed by atoms with Gasteiger partial charge in [0, 0.05) is 10.1 Å². The molecule has 0 fully saturated rings. The average molecular weight is 401 g/mol. The number of hydrogen-bond donors (Lipinski definition) is 1. The van der Waals surface area contributed by atoms with Gasteiger partial charge in [-0.1, -0.05) is 12.1 Å². The van der Waals surface area contributed by atoms with E-state index < -0.39 is 24.3 Å². The summed E-state index contributed by atoms with van der Waals surface area (Å²) in [5.41, 5.74) is 0.837. The van der Waals surface area contributed by atoms with Gasteiger partial charge in [-0.25, -0.2) is 9.18 Å². The van der Waals surface area contributed by atoms with Gasteiger partial charge in [-0.2, -0.15) is 0 Å². The third-order valence-electron chi connectivity index (χ3n) is 4.32. The highest BCUT2D eigenvalue weighted by Crippen LogP contribution is 2.34. The topological polar surface area (TPSA) is 73.9 Å². The van der Waals surface area contributed by atoms with E-state index in [0.29, 0.717) is 21.6 Å². The molecule has 1 N–H and O–H groups in total. The summed E-state index contributed by atoms with van der Waals surface area (Å²) in [6, 6.07) is 11.2. The van der Waals surface area contributed by atoms with Crippen LogP contribution in [0.25, 0.3) is 10.1 Å². The predicted octanol–water partition coefficient (Wildman–Crippen LogP) is 3.80. The molecule has 144 valence electrons. The largest absolute Gasteiger partial charge is 0.454 e. The smallest absolute Gasteiger partial charge is 0.348 e. The van der Waals surface area contributed by atoms with Crippen molar-refractivity contribution in [2.45, 2.75) is 13.0 Å². The second-order valence-electron chi connectivity index (χ2n) is 6.24. The number of thiophene rings is 1. The summed E-state index contributed by atoms with van der Waals surface area (Å²) < 4.78 is 30.0. The lowest BCUT2D eigenvalue weighted by molar-refractivity contribution is -0.124. The maximum absolute atomic E-state index is 13.7. The lowest BCUT2D eigenvalue weighted by atomic mass is 10.1. The molecule has 3 aromatic rings. The summed E-state index contributed by atoms with van der Waals surface area (Å²) in [6.45, 7) is 1.56. The zero-order valence-corrected chi connectivity index (χ0v) is 15.7. The molecule has 4 rings (SSSR count). The van der Waals surface area contributed by atoms with Gasteiger partial charge >= 0.3 is 5.97 Å². The second kappa shape index (κ2) is 7.47. The van der Waals surface area contributed by atoms with E-state index in [1.165, 1.54) is 12.1 Å². The molecule has 0 spiro atoms. The van der Waals surface area contributed by atoms with Gasteiger partial charge in [0.2, 0.25) is 6.79 Å². The number of esters is 1. The molecule has 1 atom stereocenters. The molecule has 1 amide bonds. The predicted molar refractivity (Wildman–Crippen MR) is 101 cm³/mol. The lowest BCUT2D eigenvalue weighted by Gasteiger charge is -2.14. The van der Waals surface area contributed by atoms with Crippen molar-refractivity contribution in [1.29, 1.82) is 0 Å². The van der Waals surface area contributed by atoms with Gasteiger partial charge in [0.05, 0.1) is 6.04 Å². The van der Waals surface area contributed by atoms with Crippen LogP contribution in [0.4, 0.5) is 4.39 Å². The third-order valence-corrected chi connectivity index (χ3v) is 5.40. The first-order valence-electron chi connectivity index (χ1n) is 8.55. The number of benzene rings is 2. The molecule has 0 saturated heterocycles. The molecule has 28 heavy (non-hydrogen) atoms. The third kappa shape index (κ3) is 3.63. The molecule has 6 nitrogen and oxygen atoms in total. The van der Waals surface area contributed by atoms with E-state index in [9.17, 15) is 14.0 Å². The van der Waals surface area contributed by atoms with Crippen molar-refractivity contribution < 1.29 is 28.2 Å². The fraction of sp³-hybridized carbons (Fsp3) is 0.200. The van der Waals surface area contributed by atoms with E-state index in [2.05, 4.69) is 5.32 Å². The van der Waals surface area contributed by atoms with Crippen LogP contribution in [-0.4, -0.2) is 25.3 Å². The van der Waals surface area contributed by atoms with Crippen LogP contribution in [0.15, 0.2) is 42.5 Å². The van der Waals surface area contributed by atoms with E-state index in [4.69, 9.17) is 14.2 Å². The molecular weight excluding hydrogens is 385 g/mol. The minimum absolute atomic E-state index is 0.178. The first-order valence-corrected chi connectivity index (χ1v) is 9.37. The summed E-state index contributed by atoms with van der Waals surface area (Å²) in [5, 5.41) is 3.12. The van der Waals surface area contributed by atoms with E-state index in [1.54, 1.807) is 24.3 Å². The highest BCUT2D eigenvalue weighted by molar-refractivity contribution is 7.20. The fourth-order valence-corrected chi connectivity index (χ4v) is 3.85. The number of nitrogens with one attached hydrogen (secondary N) is 1. The number of hydrogen-bond acceptors (Lipinski definition) is 6. The molecule has 0 unspecified atom stereocenters. The van der Waals surface area contributed by atoms with Gasteiger partial charge in [-0.05, 0) is 42.8 Å². The molecular formula is C20H16FNO5S. The fourth-order valence-electron chi connectivity index (χ4n) is 2.88. The Balaban J connectivity index is 1.34. The quantitative estimate of drug-likeness (QED) is 0.659. The first kappa shape index (κ1) is 18.2. The van der Waals surface area contributed by atoms with Crippen LogP contribution >= 0.6 is 11.3 Å². The van der Waals surface area contributed by atoms with E-state index in [0.717, 1.165) is 16.9 Å². The van der Waals surface area contributed by atoms with E-state index in [-0.39, 0.29) is 17.7 Å². The number of carbonyl (C=O) groups excluding carboxylic acids is 2. The van der Waals surface area contributed by atoms with Crippen LogP contribution < -0.4 is 14.8 Å². The van der Waals surface area contributed by atoms with Gasteiger partial charge in [-0.3, -0.25) is 4.79 Å². The van der Waals surface area contributed by atoms with Crippen molar-refractivity contribution in [3.63, 3.8) is 0 Å². The molecule has 1 aliphatic rings. The Morgan fingerprint density at radius 2 is 2.04 bits per heavy atom. The van der Waals surface area contributed by atoms with Crippen LogP contribution in [0.5, 0.6) is 11.5 Å². The molecule has 1 aromatic heterocycles. The number of carbonyl (C=O) groups is 2. The molecule has 0 saturated carbocycles. The summed E-state index contributed by atoms with van der Waals surface area (Å²) >= 11 is 1.12. The molecule has 8 heteroatoms. The molecule has 0 aliphatic carbocycles. The maximum Gasteiger partial charge on any atom is 0.348 e. The van der Waals surface area contributed by atoms with Crippen molar-refractivity contribution in [2.24, 2.45) is 0 Å². The van der Waals surface area contributed by atoms with Crippen LogP contribution in [0, 0.1) is 5.82 Å². The highest BCUT2D eigenvalue weighted by Gasteiger charge is 2.18. The Morgan fingerprint density at radius 3 is 2.86 bits per heavy atom. The van der Waals surface area contributed by atoms with Gasteiger partial charge in [0.15, 0.2) is 18.1 Å². The molecule has 0 radical (unpaired) electrons. The lowest BCUT2D eigenvalue weighted by Crippen LogP contribution is -2.31. The van der Waals surface area contributed by atoms with Crippen LogP contribution in [0.1, 0.15) is 28.2 Å². The number of halogens is 1. The van der Waals surface area contributed by atoms with Crippen LogP contribution in [-0.2, 0) is 9.53 Å². The molecule has 2 aromatic carbocycles. The Morgan fingerprint density at radius 1 is 1.21 bits per heavy atom. The monoisotopic (exact) mass is 401 g/mol. The van der Waals surface area contributed by atoms with Gasteiger partial charge in [0.25, 0.3) is 5.91 Å². The Hall–Kier alpha value is -3.13. The summed E-state index contributed by atoms with van der Waals surface area (Å²) in [6.07, 6.45) is 0. The Kier molecular flexibility index (Phi) is 4.87. The normalized spacial score (nSPS) is 13.4. The SMILES string of the molecule is C[C@@H](NC(=O)COC(=O)c1cc2c(F)cccc2s1)c1ccc2c(c1)OCO2. The second-order valence-corrected chi connectivity index (χ2v) is 7.32. The van der Waals surface area contributed by atoms with E-state index in [1.807, 2.05) is 13.0 Å².